The highest BCUT2D eigenvalue weighted by molar-refractivity contribution is 5.73. The van der Waals surface area contributed by atoms with Crippen molar-refractivity contribution < 1.29 is 9.90 Å². The monoisotopic (exact) mass is 211 g/mol. The zero-order chi connectivity index (χ0) is 11.3. The quantitative estimate of drug-likeness (QED) is 0.724. The topological polar surface area (TPSA) is 67.2 Å². The molecule has 0 spiro atoms. The lowest BCUT2D eigenvalue weighted by Gasteiger charge is -2.13. The van der Waals surface area contributed by atoms with Gasteiger partial charge >= 0.3 is 5.97 Å². The predicted molar refractivity (Wildman–Crippen MR) is 56.7 cm³/mol. The molecule has 0 aromatic carbocycles. The van der Waals surface area contributed by atoms with Crippen molar-refractivity contribution in [3.05, 3.63) is 18.0 Å². The van der Waals surface area contributed by atoms with Crippen molar-refractivity contribution in [3.8, 4) is 0 Å². The maximum absolute atomic E-state index is 10.9. The summed E-state index contributed by atoms with van der Waals surface area (Å²) < 4.78 is 1.65. The molecule has 84 valence electrons. The lowest BCUT2D eigenvalue weighted by Crippen LogP contribution is -2.40. The van der Waals surface area contributed by atoms with Crippen LogP contribution in [0, 0.1) is 6.92 Å². The molecular weight excluding hydrogens is 194 g/mol. The molecule has 1 rings (SSSR count). The van der Waals surface area contributed by atoms with E-state index in [4.69, 9.17) is 5.11 Å². The number of carboxylic acid groups (broad SMARTS) is 1. The van der Waals surface area contributed by atoms with E-state index < -0.39 is 12.0 Å². The van der Waals surface area contributed by atoms with Gasteiger partial charge in [0.15, 0.2) is 0 Å². The summed E-state index contributed by atoms with van der Waals surface area (Å²) >= 11 is 0. The second kappa shape index (κ2) is 5.50. The summed E-state index contributed by atoms with van der Waals surface area (Å²) in [5.74, 6) is -0.836. The van der Waals surface area contributed by atoms with E-state index in [2.05, 4.69) is 10.4 Å². The highest BCUT2D eigenvalue weighted by Crippen LogP contribution is 1.96. The Balaban J connectivity index is 2.54. The van der Waals surface area contributed by atoms with Crippen LogP contribution in [0.3, 0.4) is 0 Å². The molecule has 5 heteroatoms. The first-order chi connectivity index (χ1) is 7.13. The average Bonchev–Trinajstić information content (AvgIpc) is 2.58. The van der Waals surface area contributed by atoms with Crippen LogP contribution in [-0.4, -0.2) is 33.4 Å². The molecule has 0 bridgehead atoms. The number of carboxylic acids is 1. The Labute approximate surface area is 89.1 Å². The van der Waals surface area contributed by atoms with E-state index in [1.807, 2.05) is 19.9 Å². The van der Waals surface area contributed by atoms with Crippen molar-refractivity contribution in [2.45, 2.75) is 32.9 Å². The molecule has 1 heterocycles. The SMILES string of the molecule is CCCNC(Cn1ccc(C)n1)C(=O)O. The second-order valence-corrected chi connectivity index (χ2v) is 3.52. The number of aromatic nitrogens is 2. The minimum absolute atomic E-state index is 0.364. The van der Waals surface area contributed by atoms with Crippen molar-refractivity contribution in [2.24, 2.45) is 0 Å². The first-order valence-corrected chi connectivity index (χ1v) is 5.09. The lowest BCUT2D eigenvalue weighted by atomic mass is 10.3. The number of hydrogen-bond acceptors (Lipinski definition) is 3. The van der Waals surface area contributed by atoms with E-state index >= 15 is 0 Å². The first-order valence-electron chi connectivity index (χ1n) is 5.09. The van der Waals surface area contributed by atoms with E-state index in [9.17, 15) is 4.79 Å². The van der Waals surface area contributed by atoms with Gasteiger partial charge in [0.25, 0.3) is 0 Å². The van der Waals surface area contributed by atoms with Gasteiger partial charge in [0.1, 0.15) is 6.04 Å². The smallest absolute Gasteiger partial charge is 0.322 e. The maximum Gasteiger partial charge on any atom is 0.322 e. The minimum atomic E-state index is -0.836. The van der Waals surface area contributed by atoms with Crippen LogP contribution in [0.4, 0.5) is 0 Å². The fourth-order valence-corrected chi connectivity index (χ4v) is 1.30. The fourth-order valence-electron chi connectivity index (χ4n) is 1.30. The third kappa shape index (κ3) is 3.71. The number of nitrogens with one attached hydrogen (secondary N) is 1. The van der Waals surface area contributed by atoms with Crippen LogP contribution in [0.2, 0.25) is 0 Å². The molecular formula is C10H17N3O2. The third-order valence-corrected chi connectivity index (χ3v) is 2.08. The largest absolute Gasteiger partial charge is 0.480 e. The number of carbonyl (C=O) groups is 1. The number of rotatable bonds is 6. The fraction of sp³-hybridized carbons (Fsp3) is 0.600. The molecule has 0 aliphatic carbocycles. The minimum Gasteiger partial charge on any atom is -0.480 e. The van der Waals surface area contributed by atoms with Crippen molar-refractivity contribution >= 4 is 5.97 Å². The Bertz CT molecular complexity index is 322. The van der Waals surface area contributed by atoms with Crippen molar-refractivity contribution in [1.29, 1.82) is 0 Å². The summed E-state index contributed by atoms with van der Waals surface area (Å²) in [5.41, 5.74) is 0.898. The van der Waals surface area contributed by atoms with E-state index in [0.717, 1.165) is 12.1 Å². The highest BCUT2D eigenvalue weighted by Gasteiger charge is 2.16. The van der Waals surface area contributed by atoms with E-state index in [1.165, 1.54) is 0 Å². The second-order valence-electron chi connectivity index (χ2n) is 3.52. The number of aryl methyl sites for hydroxylation is 1. The van der Waals surface area contributed by atoms with Gasteiger partial charge in [0.2, 0.25) is 0 Å². The van der Waals surface area contributed by atoms with Crippen LogP contribution in [-0.2, 0) is 11.3 Å². The molecule has 0 saturated carbocycles. The number of aliphatic carboxylic acids is 1. The summed E-state index contributed by atoms with van der Waals surface area (Å²) in [6, 6.07) is 1.29. The molecule has 0 aliphatic heterocycles. The van der Waals surface area contributed by atoms with E-state index in [1.54, 1.807) is 10.9 Å². The van der Waals surface area contributed by atoms with E-state index in [-0.39, 0.29) is 0 Å². The number of hydrogen-bond donors (Lipinski definition) is 2. The summed E-state index contributed by atoms with van der Waals surface area (Å²) in [6.45, 7) is 4.95. The molecule has 1 aromatic rings. The Morgan fingerprint density at radius 1 is 1.73 bits per heavy atom. The average molecular weight is 211 g/mol. The van der Waals surface area contributed by atoms with Gasteiger partial charge in [-0.1, -0.05) is 6.92 Å². The van der Waals surface area contributed by atoms with Gasteiger partial charge in [0, 0.05) is 6.20 Å². The van der Waals surface area contributed by atoms with Gasteiger partial charge in [-0.05, 0) is 26.0 Å². The van der Waals surface area contributed by atoms with Crippen LogP contribution in [0.25, 0.3) is 0 Å². The molecule has 2 N–H and O–H groups in total. The van der Waals surface area contributed by atoms with Crippen LogP contribution in [0.5, 0.6) is 0 Å². The molecule has 15 heavy (non-hydrogen) atoms. The molecule has 0 fully saturated rings. The molecule has 0 radical (unpaired) electrons. The van der Waals surface area contributed by atoms with Gasteiger partial charge in [-0.2, -0.15) is 5.10 Å². The van der Waals surface area contributed by atoms with Crippen molar-refractivity contribution in [3.63, 3.8) is 0 Å². The highest BCUT2D eigenvalue weighted by atomic mass is 16.4. The maximum atomic E-state index is 10.9. The molecule has 0 aliphatic rings. The summed E-state index contributed by atoms with van der Waals surface area (Å²) in [4.78, 5) is 10.9. The predicted octanol–water partition coefficient (Wildman–Crippen LogP) is 0.644. The van der Waals surface area contributed by atoms with Crippen molar-refractivity contribution in [2.75, 3.05) is 6.54 Å². The first kappa shape index (κ1) is 11.7. The van der Waals surface area contributed by atoms with Crippen LogP contribution >= 0.6 is 0 Å². The normalized spacial score (nSPS) is 12.7. The van der Waals surface area contributed by atoms with Gasteiger partial charge in [-0.3, -0.25) is 9.48 Å². The Morgan fingerprint density at radius 3 is 2.93 bits per heavy atom. The van der Waals surface area contributed by atoms with Gasteiger partial charge in [-0.25, -0.2) is 0 Å². The molecule has 1 atom stereocenters. The molecule has 5 nitrogen and oxygen atoms in total. The summed E-state index contributed by atoms with van der Waals surface area (Å²) in [7, 11) is 0. The van der Waals surface area contributed by atoms with Crippen molar-refractivity contribution in [1.82, 2.24) is 15.1 Å². The molecule has 0 saturated heterocycles. The standard InChI is InChI=1S/C10H17N3O2/c1-3-5-11-9(10(14)15)7-13-6-4-8(2)12-13/h4,6,9,11H,3,5,7H2,1-2H3,(H,14,15). The number of nitrogens with zero attached hydrogens (tertiary/aromatic N) is 2. The van der Waals surface area contributed by atoms with Gasteiger partial charge in [0.05, 0.1) is 12.2 Å². The Morgan fingerprint density at radius 2 is 2.47 bits per heavy atom. The van der Waals surface area contributed by atoms with Crippen LogP contribution < -0.4 is 5.32 Å². The van der Waals surface area contributed by atoms with Gasteiger partial charge in [-0.15, -0.1) is 0 Å². The van der Waals surface area contributed by atoms with Gasteiger partial charge < -0.3 is 10.4 Å². The Hall–Kier alpha value is -1.36. The lowest BCUT2D eigenvalue weighted by molar-refractivity contribution is -0.139. The third-order valence-electron chi connectivity index (χ3n) is 2.08. The summed E-state index contributed by atoms with van der Waals surface area (Å²) in [6.07, 6.45) is 2.71. The van der Waals surface area contributed by atoms with E-state index in [0.29, 0.717) is 13.1 Å². The zero-order valence-electron chi connectivity index (χ0n) is 9.10. The van der Waals surface area contributed by atoms with Crippen LogP contribution in [0.15, 0.2) is 12.3 Å². The zero-order valence-corrected chi connectivity index (χ0v) is 9.10. The molecule has 0 amide bonds. The molecule has 1 aromatic heterocycles. The molecule has 1 unspecified atom stereocenters. The Kier molecular flexibility index (Phi) is 4.30. The summed E-state index contributed by atoms with van der Waals surface area (Å²) in [5, 5.41) is 16.1. The van der Waals surface area contributed by atoms with Crippen LogP contribution in [0.1, 0.15) is 19.0 Å².